The number of nitrogens with one attached hydrogen (secondary N) is 1. The van der Waals surface area contributed by atoms with E-state index in [2.05, 4.69) is 5.32 Å². The number of hydrogen-bond acceptors (Lipinski definition) is 3. The van der Waals surface area contributed by atoms with Crippen LogP contribution in [-0.2, 0) is 4.79 Å². The van der Waals surface area contributed by atoms with Gasteiger partial charge in [-0.1, -0.05) is 0 Å². The number of halogens is 1. The molecule has 1 amide bonds. The zero-order valence-electron chi connectivity index (χ0n) is 10.8. The maximum atomic E-state index is 13.1. The van der Waals surface area contributed by atoms with Crippen LogP contribution in [0, 0.1) is 12.7 Å². The number of rotatable bonds is 6. The number of hydrogen-bond donors (Lipinski definition) is 2. The molecule has 0 saturated heterocycles. The van der Waals surface area contributed by atoms with Gasteiger partial charge in [-0.3, -0.25) is 4.79 Å². The summed E-state index contributed by atoms with van der Waals surface area (Å²) < 4.78 is 13.1. The van der Waals surface area contributed by atoms with Crippen LogP contribution in [0.1, 0.15) is 22.3 Å². The number of carbonyl (C=O) groups is 2. The first-order chi connectivity index (χ1) is 8.95. The first-order valence-corrected chi connectivity index (χ1v) is 7.14. The smallest absolute Gasteiger partial charge is 0.326 e. The minimum absolute atomic E-state index is 0.259. The van der Waals surface area contributed by atoms with Crippen molar-refractivity contribution in [1.29, 1.82) is 0 Å². The van der Waals surface area contributed by atoms with Crippen molar-refractivity contribution in [3.63, 3.8) is 0 Å². The monoisotopic (exact) mass is 285 g/mol. The van der Waals surface area contributed by atoms with Gasteiger partial charge >= 0.3 is 5.97 Å². The molecule has 0 bridgehead atoms. The average molecular weight is 285 g/mol. The first kappa shape index (κ1) is 15.5. The summed E-state index contributed by atoms with van der Waals surface area (Å²) in [5.74, 6) is -1.33. The molecule has 19 heavy (non-hydrogen) atoms. The molecule has 0 aliphatic rings. The Morgan fingerprint density at radius 2 is 2.16 bits per heavy atom. The molecule has 1 atom stereocenters. The Balaban J connectivity index is 2.75. The summed E-state index contributed by atoms with van der Waals surface area (Å²) in [6.07, 6.45) is 2.21. The van der Waals surface area contributed by atoms with Crippen molar-refractivity contribution >= 4 is 23.6 Å². The zero-order valence-corrected chi connectivity index (χ0v) is 11.6. The minimum Gasteiger partial charge on any atom is -0.480 e. The molecular formula is C13H16FNO3S. The van der Waals surface area contributed by atoms with Crippen LogP contribution < -0.4 is 5.32 Å². The van der Waals surface area contributed by atoms with Crippen molar-refractivity contribution in [3.05, 3.63) is 35.1 Å². The highest BCUT2D eigenvalue weighted by atomic mass is 32.2. The van der Waals surface area contributed by atoms with Gasteiger partial charge in [0.1, 0.15) is 11.9 Å². The van der Waals surface area contributed by atoms with E-state index in [1.807, 2.05) is 6.26 Å². The Bertz CT molecular complexity index is 479. The summed E-state index contributed by atoms with van der Waals surface area (Å²) in [4.78, 5) is 22.9. The Morgan fingerprint density at radius 1 is 1.47 bits per heavy atom. The molecule has 0 heterocycles. The Morgan fingerprint density at radius 3 is 2.68 bits per heavy atom. The molecule has 4 nitrogen and oxygen atoms in total. The van der Waals surface area contributed by atoms with E-state index in [0.29, 0.717) is 17.7 Å². The normalized spacial score (nSPS) is 11.9. The molecule has 1 aromatic carbocycles. The number of carbonyl (C=O) groups excluding carboxylic acids is 1. The van der Waals surface area contributed by atoms with Gasteiger partial charge in [0, 0.05) is 5.56 Å². The van der Waals surface area contributed by atoms with E-state index >= 15 is 0 Å². The van der Waals surface area contributed by atoms with Crippen LogP contribution in [0.4, 0.5) is 4.39 Å². The van der Waals surface area contributed by atoms with E-state index in [1.165, 1.54) is 30.0 Å². The predicted molar refractivity (Wildman–Crippen MR) is 73.0 cm³/mol. The second-order valence-corrected chi connectivity index (χ2v) is 5.10. The van der Waals surface area contributed by atoms with Gasteiger partial charge in [-0.2, -0.15) is 11.8 Å². The van der Waals surface area contributed by atoms with Crippen molar-refractivity contribution in [1.82, 2.24) is 5.32 Å². The molecule has 0 aliphatic carbocycles. The molecule has 1 unspecified atom stereocenters. The summed E-state index contributed by atoms with van der Waals surface area (Å²) in [5.41, 5.74) is 0.609. The SMILES string of the molecule is CSCCC(NC(=O)c1ccc(F)c(C)c1)C(=O)O. The maximum absolute atomic E-state index is 13.1. The molecule has 0 saturated carbocycles. The third kappa shape index (κ3) is 4.55. The van der Waals surface area contributed by atoms with Crippen LogP contribution >= 0.6 is 11.8 Å². The second-order valence-electron chi connectivity index (χ2n) is 4.11. The lowest BCUT2D eigenvalue weighted by molar-refractivity contribution is -0.139. The van der Waals surface area contributed by atoms with Crippen molar-refractivity contribution < 1.29 is 19.1 Å². The van der Waals surface area contributed by atoms with Gasteiger partial charge in [0.05, 0.1) is 0 Å². The van der Waals surface area contributed by atoms with E-state index in [1.54, 1.807) is 6.92 Å². The number of carboxylic acid groups (broad SMARTS) is 1. The van der Waals surface area contributed by atoms with E-state index in [9.17, 15) is 14.0 Å². The van der Waals surface area contributed by atoms with Gasteiger partial charge in [-0.15, -0.1) is 0 Å². The fourth-order valence-corrected chi connectivity index (χ4v) is 1.99. The summed E-state index contributed by atoms with van der Waals surface area (Å²) in [5, 5.41) is 11.5. The van der Waals surface area contributed by atoms with Crippen molar-refractivity contribution in [2.24, 2.45) is 0 Å². The summed E-state index contributed by atoms with van der Waals surface area (Å²) >= 11 is 1.51. The van der Waals surface area contributed by atoms with Crippen molar-refractivity contribution in [2.75, 3.05) is 12.0 Å². The van der Waals surface area contributed by atoms with Crippen molar-refractivity contribution in [3.8, 4) is 0 Å². The summed E-state index contributed by atoms with van der Waals surface area (Å²) in [6.45, 7) is 1.55. The zero-order chi connectivity index (χ0) is 14.4. The number of aliphatic carboxylic acids is 1. The molecule has 0 aliphatic heterocycles. The molecule has 6 heteroatoms. The number of benzene rings is 1. The van der Waals surface area contributed by atoms with E-state index < -0.39 is 23.7 Å². The topological polar surface area (TPSA) is 66.4 Å². The number of carboxylic acids is 1. The number of aryl methyl sites for hydroxylation is 1. The molecule has 0 fully saturated rings. The van der Waals surface area contributed by atoms with Crippen LogP contribution in [0.3, 0.4) is 0 Å². The number of amides is 1. The molecule has 1 rings (SSSR count). The Kier molecular flexibility index (Phi) is 5.82. The molecular weight excluding hydrogens is 269 g/mol. The van der Waals surface area contributed by atoms with E-state index in [4.69, 9.17) is 5.11 Å². The Labute approximate surface area is 115 Å². The van der Waals surface area contributed by atoms with Gasteiger partial charge in [-0.05, 0) is 49.1 Å². The summed E-state index contributed by atoms with van der Waals surface area (Å²) in [6, 6.07) is 3.01. The van der Waals surface area contributed by atoms with Crippen LogP contribution in [-0.4, -0.2) is 35.0 Å². The molecule has 2 N–H and O–H groups in total. The maximum Gasteiger partial charge on any atom is 0.326 e. The third-order valence-electron chi connectivity index (χ3n) is 2.63. The molecule has 0 radical (unpaired) electrons. The second kappa shape index (κ2) is 7.13. The lowest BCUT2D eigenvalue weighted by atomic mass is 10.1. The average Bonchev–Trinajstić information content (AvgIpc) is 2.37. The van der Waals surface area contributed by atoms with Gasteiger partial charge in [0.15, 0.2) is 0 Å². The lowest BCUT2D eigenvalue weighted by Crippen LogP contribution is -2.41. The molecule has 0 aromatic heterocycles. The highest BCUT2D eigenvalue weighted by Crippen LogP contribution is 2.10. The highest BCUT2D eigenvalue weighted by Gasteiger charge is 2.20. The Hall–Kier alpha value is -1.56. The van der Waals surface area contributed by atoms with Gasteiger partial charge in [-0.25, -0.2) is 9.18 Å². The quantitative estimate of drug-likeness (QED) is 0.839. The van der Waals surface area contributed by atoms with E-state index in [-0.39, 0.29) is 5.56 Å². The largest absolute Gasteiger partial charge is 0.480 e. The highest BCUT2D eigenvalue weighted by molar-refractivity contribution is 7.98. The molecule has 104 valence electrons. The van der Waals surface area contributed by atoms with Crippen LogP contribution in [0.25, 0.3) is 0 Å². The van der Waals surface area contributed by atoms with Gasteiger partial charge < -0.3 is 10.4 Å². The molecule has 0 spiro atoms. The van der Waals surface area contributed by atoms with Crippen LogP contribution in [0.2, 0.25) is 0 Å². The number of thioether (sulfide) groups is 1. The molecule has 1 aromatic rings. The fourth-order valence-electron chi connectivity index (χ4n) is 1.52. The summed E-state index contributed by atoms with van der Waals surface area (Å²) in [7, 11) is 0. The van der Waals surface area contributed by atoms with Crippen LogP contribution in [0.5, 0.6) is 0 Å². The minimum atomic E-state index is -1.07. The predicted octanol–water partition coefficient (Wildman–Crippen LogP) is 2.07. The van der Waals surface area contributed by atoms with Gasteiger partial charge in [0.25, 0.3) is 5.91 Å². The van der Waals surface area contributed by atoms with E-state index in [0.717, 1.165) is 0 Å². The first-order valence-electron chi connectivity index (χ1n) is 5.74. The standard InChI is InChI=1S/C13H16FNO3S/c1-8-7-9(3-4-10(8)14)12(16)15-11(13(17)18)5-6-19-2/h3-4,7,11H,5-6H2,1-2H3,(H,15,16)(H,17,18). The van der Waals surface area contributed by atoms with Gasteiger partial charge in [0.2, 0.25) is 0 Å². The van der Waals surface area contributed by atoms with Crippen molar-refractivity contribution in [2.45, 2.75) is 19.4 Å². The van der Waals surface area contributed by atoms with Crippen LogP contribution in [0.15, 0.2) is 18.2 Å². The lowest BCUT2D eigenvalue weighted by Gasteiger charge is -2.14. The fraction of sp³-hybridized carbons (Fsp3) is 0.385. The third-order valence-corrected chi connectivity index (χ3v) is 3.28.